The van der Waals surface area contributed by atoms with Gasteiger partial charge in [-0.05, 0) is 43.2 Å². The van der Waals surface area contributed by atoms with Crippen LogP contribution in [-0.2, 0) is 4.74 Å². The monoisotopic (exact) mass is 262 g/mol. The zero-order chi connectivity index (χ0) is 13.6. The molecule has 2 heterocycles. The van der Waals surface area contributed by atoms with Crippen molar-refractivity contribution in [3.05, 3.63) is 12.1 Å². The van der Waals surface area contributed by atoms with Crippen molar-refractivity contribution in [1.29, 1.82) is 0 Å². The topological polar surface area (TPSA) is 77.4 Å². The van der Waals surface area contributed by atoms with E-state index in [1.54, 1.807) is 0 Å². The van der Waals surface area contributed by atoms with Crippen LogP contribution >= 0.6 is 0 Å². The van der Waals surface area contributed by atoms with Crippen molar-refractivity contribution in [2.75, 3.05) is 23.7 Å². The fraction of sp³-hybridized carbons (Fsp3) is 0.538. The zero-order valence-electron chi connectivity index (χ0n) is 11.4. The number of nitrogens with zero attached hydrogens (tertiary/aromatic N) is 3. The maximum Gasteiger partial charge on any atom is 0.160 e. The Labute approximate surface area is 111 Å². The predicted molar refractivity (Wildman–Crippen MR) is 73.1 cm³/mol. The number of aromatic nitrogens is 2. The minimum Gasteiger partial charge on any atom is -0.397 e. The first-order valence-corrected chi connectivity index (χ1v) is 6.40. The molecule has 1 aliphatic rings. The average molecular weight is 262 g/mol. The Hall–Kier alpha value is -1.82. The van der Waals surface area contributed by atoms with Gasteiger partial charge in [0.05, 0.1) is 23.1 Å². The number of fused-ring (bicyclic) bond motifs is 1. The van der Waals surface area contributed by atoms with E-state index in [1.807, 2.05) is 12.1 Å². The highest BCUT2D eigenvalue weighted by Gasteiger charge is 2.32. The van der Waals surface area contributed by atoms with Gasteiger partial charge in [0.15, 0.2) is 11.0 Å². The largest absolute Gasteiger partial charge is 0.397 e. The standard InChI is InChI=1S/C13H18N4O2/c1-8-6-17(7-13(2,3)18-8)10-5-4-9(14)11-12(10)16-19-15-11/h4-5,8H,6-7,14H2,1-3H3. The smallest absolute Gasteiger partial charge is 0.160 e. The van der Waals surface area contributed by atoms with Crippen LogP contribution in [0.15, 0.2) is 16.8 Å². The second-order valence-electron chi connectivity index (χ2n) is 5.70. The number of anilines is 2. The van der Waals surface area contributed by atoms with E-state index in [0.717, 1.165) is 18.8 Å². The van der Waals surface area contributed by atoms with Crippen LogP contribution in [0.5, 0.6) is 0 Å². The summed E-state index contributed by atoms with van der Waals surface area (Å²) >= 11 is 0. The lowest BCUT2D eigenvalue weighted by molar-refractivity contribution is -0.0749. The molecule has 0 amide bonds. The Morgan fingerprint density at radius 2 is 2.05 bits per heavy atom. The van der Waals surface area contributed by atoms with Gasteiger partial charge in [-0.1, -0.05) is 0 Å². The Morgan fingerprint density at radius 3 is 2.79 bits per heavy atom. The fourth-order valence-corrected chi connectivity index (χ4v) is 2.77. The fourth-order valence-electron chi connectivity index (χ4n) is 2.77. The highest BCUT2D eigenvalue weighted by atomic mass is 16.6. The van der Waals surface area contributed by atoms with E-state index in [1.165, 1.54) is 0 Å². The molecule has 2 N–H and O–H groups in total. The molecule has 102 valence electrons. The Balaban J connectivity index is 2.04. The van der Waals surface area contributed by atoms with Crippen molar-refractivity contribution >= 4 is 22.4 Å². The van der Waals surface area contributed by atoms with Crippen LogP contribution < -0.4 is 10.6 Å². The molecule has 0 aliphatic carbocycles. The van der Waals surface area contributed by atoms with Crippen LogP contribution in [0.25, 0.3) is 11.0 Å². The quantitative estimate of drug-likeness (QED) is 0.790. The van der Waals surface area contributed by atoms with Gasteiger partial charge < -0.3 is 15.4 Å². The van der Waals surface area contributed by atoms with Gasteiger partial charge in [0, 0.05) is 13.1 Å². The zero-order valence-corrected chi connectivity index (χ0v) is 11.4. The van der Waals surface area contributed by atoms with Crippen molar-refractivity contribution in [2.24, 2.45) is 0 Å². The first-order chi connectivity index (χ1) is 8.96. The molecular formula is C13H18N4O2. The molecule has 0 radical (unpaired) electrons. The number of hydrogen-bond acceptors (Lipinski definition) is 6. The molecule has 1 aliphatic heterocycles. The van der Waals surface area contributed by atoms with Gasteiger partial charge in [-0.2, -0.15) is 0 Å². The van der Waals surface area contributed by atoms with E-state index in [-0.39, 0.29) is 11.7 Å². The van der Waals surface area contributed by atoms with Crippen molar-refractivity contribution in [2.45, 2.75) is 32.5 Å². The summed E-state index contributed by atoms with van der Waals surface area (Å²) in [5.74, 6) is 0. The minimum absolute atomic E-state index is 0.163. The molecule has 1 saturated heterocycles. The van der Waals surface area contributed by atoms with Gasteiger partial charge in [0.2, 0.25) is 0 Å². The van der Waals surface area contributed by atoms with E-state index in [2.05, 4.69) is 36.0 Å². The molecule has 3 rings (SSSR count). The maximum atomic E-state index is 5.92. The number of morpholine rings is 1. The molecule has 1 fully saturated rings. The van der Waals surface area contributed by atoms with Gasteiger partial charge in [0.1, 0.15) is 0 Å². The summed E-state index contributed by atoms with van der Waals surface area (Å²) < 4.78 is 10.7. The summed E-state index contributed by atoms with van der Waals surface area (Å²) in [5.41, 5.74) is 8.59. The van der Waals surface area contributed by atoms with Crippen molar-refractivity contribution in [3.63, 3.8) is 0 Å². The van der Waals surface area contributed by atoms with Crippen molar-refractivity contribution < 1.29 is 9.37 Å². The Bertz CT molecular complexity index is 608. The molecule has 1 aromatic heterocycles. The third kappa shape index (κ3) is 2.12. The molecular weight excluding hydrogens is 244 g/mol. The first kappa shape index (κ1) is 12.2. The van der Waals surface area contributed by atoms with Crippen LogP contribution in [0.4, 0.5) is 11.4 Å². The van der Waals surface area contributed by atoms with Crippen molar-refractivity contribution in [1.82, 2.24) is 10.3 Å². The highest BCUT2D eigenvalue weighted by Crippen LogP contribution is 2.32. The van der Waals surface area contributed by atoms with Gasteiger partial charge in [0.25, 0.3) is 0 Å². The number of nitrogen functional groups attached to an aromatic ring is 1. The number of benzene rings is 1. The number of ether oxygens (including phenoxy) is 1. The summed E-state index contributed by atoms with van der Waals surface area (Å²) in [6.07, 6.45) is 0.163. The van der Waals surface area contributed by atoms with Gasteiger partial charge in [-0.3, -0.25) is 0 Å². The summed E-state index contributed by atoms with van der Waals surface area (Å²) in [7, 11) is 0. The third-order valence-electron chi connectivity index (χ3n) is 3.34. The van der Waals surface area contributed by atoms with Crippen LogP contribution in [0.3, 0.4) is 0 Å². The van der Waals surface area contributed by atoms with E-state index >= 15 is 0 Å². The van der Waals surface area contributed by atoms with Gasteiger partial charge in [-0.25, -0.2) is 4.63 Å². The Kier molecular flexibility index (Phi) is 2.63. The van der Waals surface area contributed by atoms with Gasteiger partial charge in [-0.15, -0.1) is 0 Å². The van der Waals surface area contributed by atoms with Crippen LogP contribution in [0, 0.1) is 0 Å². The molecule has 0 spiro atoms. The van der Waals surface area contributed by atoms with E-state index in [9.17, 15) is 0 Å². The van der Waals surface area contributed by atoms with E-state index < -0.39 is 0 Å². The van der Waals surface area contributed by atoms with Crippen molar-refractivity contribution in [3.8, 4) is 0 Å². The number of nitrogens with two attached hydrogens (primary N) is 1. The lowest BCUT2D eigenvalue weighted by atomic mass is 10.0. The minimum atomic E-state index is -0.192. The molecule has 0 bridgehead atoms. The molecule has 1 aromatic carbocycles. The molecule has 1 atom stereocenters. The first-order valence-electron chi connectivity index (χ1n) is 6.40. The lowest BCUT2D eigenvalue weighted by Gasteiger charge is -2.42. The Morgan fingerprint density at radius 1 is 1.32 bits per heavy atom. The second-order valence-corrected chi connectivity index (χ2v) is 5.70. The van der Waals surface area contributed by atoms with E-state index in [4.69, 9.17) is 15.1 Å². The molecule has 6 nitrogen and oxygen atoms in total. The maximum absolute atomic E-state index is 5.92. The summed E-state index contributed by atoms with van der Waals surface area (Å²) in [5, 5.41) is 7.84. The van der Waals surface area contributed by atoms with Crippen LogP contribution in [0.1, 0.15) is 20.8 Å². The summed E-state index contributed by atoms with van der Waals surface area (Å²) in [6.45, 7) is 7.86. The molecule has 6 heteroatoms. The van der Waals surface area contributed by atoms with E-state index in [0.29, 0.717) is 16.7 Å². The average Bonchev–Trinajstić information content (AvgIpc) is 2.76. The summed E-state index contributed by atoms with van der Waals surface area (Å²) in [6, 6.07) is 3.81. The lowest BCUT2D eigenvalue weighted by Crippen LogP contribution is -2.52. The predicted octanol–water partition coefficient (Wildman–Crippen LogP) is 1.81. The third-order valence-corrected chi connectivity index (χ3v) is 3.34. The highest BCUT2D eigenvalue weighted by molar-refractivity contribution is 5.95. The van der Waals surface area contributed by atoms with Crippen LogP contribution in [0.2, 0.25) is 0 Å². The molecule has 2 aromatic rings. The number of rotatable bonds is 1. The molecule has 19 heavy (non-hydrogen) atoms. The molecule has 0 saturated carbocycles. The van der Waals surface area contributed by atoms with Gasteiger partial charge >= 0.3 is 0 Å². The SMILES string of the molecule is CC1CN(c2ccc(N)c3nonc23)CC(C)(C)O1. The number of hydrogen-bond donors (Lipinski definition) is 1. The normalized spacial score (nSPS) is 22.9. The summed E-state index contributed by atoms with van der Waals surface area (Å²) in [4.78, 5) is 2.25. The molecule has 1 unspecified atom stereocenters. The second kappa shape index (κ2) is 4.09. The van der Waals surface area contributed by atoms with Crippen LogP contribution in [-0.4, -0.2) is 35.1 Å².